The molecule has 1 aromatic carbocycles. The van der Waals surface area contributed by atoms with E-state index < -0.39 is 5.97 Å². The molecule has 0 aliphatic rings. The Balaban J connectivity index is 2.02. The molecule has 0 unspecified atom stereocenters. The Morgan fingerprint density at radius 2 is 2.17 bits per heavy atom. The lowest BCUT2D eigenvalue weighted by Crippen LogP contribution is -2.03. The second-order valence-corrected chi connectivity index (χ2v) is 3.92. The summed E-state index contributed by atoms with van der Waals surface area (Å²) >= 11 is 0. The molecule has 0 bridgehead atoms. The summed E-state index contributed by atoms with van der Waals surface area (Å²) in [4.78, 5) is 15.2. The van der Waals surface area contributed by atoms with E-state index in [0.29, 0.717) is 12.3 Å². The Labute approximate surface area is 102 Å². The normalized spacial score (nSPS) is 10.9. The summed E-state index contributed by atoms with van der Waals surface area (Å²) < 4.78 is 7.08. The molecule has 0 radical (unpaired) electrons. The number of hydrogen-bond donors (Lipinski definition) is 1. The second kappa shape index (κ2) is 4.03. The van der Waals surface area contributed by atoms with Crippen molar-refractivity contribution in [2.75, 3.05) is 0 Å². The van der Waals surface area contributed by atoms with Gasteiger partial charge in [-0.25, -0.2) is 9.78 Å². The fourth-order valence-corrected chi connectivity index (χ4v) is 1.94. The van der Waals surface area contributed by atoms with Crippen molar-refractivity contribution in [3.63, 3.8) is 0 Å². The highest BCUT2D eigenvalue weighted by Gasteiger charge is 2.14. The number of carboxylic acids is 1. The summed E-state index contributed by atoms with van der Waals surface area (Å²) in [6, 6.07) is 9.13. The van der Waals surface area contributed by atoms with E-state index in [0.717, 1.165) is 11.0 Å². The summed E-state index contributed by atoms with van der Waals surface area (Å²) in [5, 5.41) is 9.01. The molecular formula is C13H10N2O3. The van der Waals surface area contributed by atoms with Gasteiger partial charge in [-0.2, -0.15) is 0 Å². The third-order valence-corrected chi connectivity index (χ3v) is 2.82. The molecule has 1 N–H and O–H groups in total. The Morgan fingerprint density at radius 3 is 3.00 bits per heavy atom. The van der Waals surface area contributed by atoms with Gasteiger partial charge in [-0.05, 0) is 18.2 Å². The predicted molar refractivity (Wildman–Crippen MR) is 64.5 cm³/mol. The SMILES string of the molecule is O=C(O)c1ccoc1Cn1cnc2ccccc21. The molecule has 0 spiro atoms. The number of aromatic nitrogens is 2. The topological polar surface area (TPSA) is 68.3 Å². The minimum absolute atomic E-state index is 0.188. The fourth-order valence-electron chi connectivity index (χ4n) is 1.94. The Morgan fingerprint density at radius 1 is 1.33 bits per heavy atom. The van der Waals surface area contributed by atoms with E-state index in [1.54, 1.807) is 6.33 Å². The van der Waals surface area contributed by atoms with Crippen LogP contribution in [0.15, 0.2) is 47.3 Å². The number of furan rings is 1. The summed E-state index contributed by atoms with van der Waals surface area (Å²) in [6.07, 6.45) is 3.07. The molecule has 0 aliphatic heterocycles. The zero-order valence-electron chi connectivity index (χ0n) is 9.41. The number of imidazole rings is 1. The first-order valence-electron chi connectivity index (χ1n) is 5.45. The average molecular weight is 242 g/mol. The summed E-state index contributed by atoms with van der Waals surface area (Å²) in [6.45, 7) is 0.356. The molecule has 18 heavy (non-hydrogen) atoms. The molecule has 90 valence electrons. The number of carbonyl (C=O) groups is 1. The molecule has 3 aromatic rings. The molecule has 2 heterocycles. The van der Waals surface area contributed by atoms with Crippen LogP contribution in [0.3, 0.4) is 0 Å². The monoisotopic (exact) mass is 242 g/mol. The first-order chi connectivity index (χ1) is 8.75. The van der Waals surface area contributed by atoms with Crippen molar-refractivity contribution < 1.29 is 14.3 Å². The summed E-state index contributed by atoms with van der Waals surface area (Å²) in [7, 11) is 0. The number of carboxylic acid groups (broad SMARTS) is 1. The number of rotatable bonds is 3. The average Bonchev–Trinajstić information content (AvgIpc) is 2.97. The van der Waals surface area contributed by atoms with Crippen molar-refractivity contribution in [3.05, 3.63) is 54.2 Å². The van der Waals surface area contributed by atoms with Gasteiger partial charge in [0.1, 0.15) is 11.3 Å². The van der Waals surface area contributed by atoms with E-state index in [2.05, 4.69) is 4.98 Å². The standard InChI is InChI=1S/C13H10N2O3/c16-13(17)9-5-6-18-12(9)7-15-8-14-10-3-1-2-4-11(10)15/h1-6,8H,7H2,(H,16,17). The summed E-state index contributed by atoms with van der Waals surface area (Å²) in [5.41, 5.74) is 2.01. The van der Waals surface area contributed by atoms with Gasteiger partial charge >= 0.3 is 5.97 Å². The predicted octanol–water partition coefficient (Wildman–Crippen LogP) is 2.38. The van der Waals surface area contributed by atoms with Crippen molar-refractivity contribution in [1.29, 1.82) is 0 Å². The van der Waals surface area contributed by atoms with Crippen LogP contribution in [0.2, 0.25) is 0 Å². The van der Waals surface area contributed by atoms with Crippen molar-refractivity contribution >= 4 is 17.0 Å². The van der Waals surface area contributed by atoms with E-state index in [-0.39, 0.29) is 5.56 Å². The van der Waals surface area contributed by atoms with Gasteiger partial charge in [0, 0.05) is 0 Å². The zero-order valence-corrected chi connectivity index (χ0v) is 9.41. The maximum Gasteiger partial charge on any atom is 0.339 e. The maximum atomic E-state index is 11.0. The number of hydrogen-bond acceptors (Lipinski definition) is 3. The van der Waals surface area contributed by atoms with Crippen molar-refractivity contribution in [2.24, 2.45) is 0 Å². The third-order valence-electron chi connectivity index (χ3n) is 2.82. The zero-order chi connectivity index (χ0) is 12.5. The van der Waals surface area contributed by atoms with Gasteiger partial charge in [-0.3, -0.25) is 0 Å². The third kappa shape index (κ3) is 1.66. The van der Waals surface area contributed by atoms with Crippen LogP contribution in [0.1, 0.15) is 16.1 Å². The van der Waals surface area contributed by atoms with E-state index in [1.807, 2.05) is 28.8 Å². The number of para-hydroxylation sites is 2. The van der Waals surface area contributed by atoms with Crippen LogP contribution >= 0.6 is 0 Å². The van der Waals surface area contributed by atoms with E-state index in [4.69, 9.17) is 9.52 Å². The lowest BCUT2D eigenvalue weighted by atomic mass is 10.2. The van der Waals surface area contributed by atoms with Gasteiger partial charge in [0.05, 0.1) is 30.2 Å². The maximum absolute atomic E-state index is 11.0. The minimum Gasteiger partial charge on any atom is -0.478 e. The molecule has 5 nitrogen and oxygen atoms in total. The van der Waals surface area contributed by atoms with Crippen LogP contribution < -0.4 is 0 Å². The van der Waals surface area contributed by atoms with E-state index >= 15 is 0 Å². The fraction of sp³-hybridized carbons (Fsp3) is 0.0769. The van der Waals surface area contributed by atoms with Crippen molar-refractivity contribution in [1.82, 2.24) is 9.55 Å². The van der Waals surface area contributed by atoms with E-state index in [9.17, 15) is 4.79 Å². The number of benzene rings is 1. The van der Waals surface area contributed by atoms with Gasteiger partial charge in [-0.1, -0.05) is 12.1 Å². The highest BCUT2D eigenvalue weighted by atomic mass is 16.4. The molecule has 0 amide bonds. The molecule has 0 aliphatic carbocycles. The summed E-state index contributed by atoms with van der Waals surface area (Å²) in [5.74, 6) is -0.561. The molecular weight excluding hydrogens is 232 g/mol. The van der Waals surface area contributed by atoms with Crippen LogP contribution in [0.4, 0.5) is 0 Å². The molecule has 0 atom stereocenters. The highest BCUT2D eigenvalue weighted by molar-refractivity contribution is 5.88. The first-order valence-corrected chi connectivity index (χ1v) is 5.45. The van der Waals surface area contributed by atoms with Gasteiger partial charge in [0.25, 0.3) is 0 Å². The molecule has 5 heteroatoms. The van der Waals surface area contributed by atoms with Crippen LogP contribution in [0.25, 0.3) is 11.0 Å². The largest absolute Gasteiger partial charge is 0.478 e. The molecule has 2 aromatic heterocycles. The van der Waals surface area contributed by atoms with Crippen molar-refractivity contribution in [2.45, 2.75) is 6.54 Å². The Bertz CT molecular complexity index is 712. The Kier molecular flexibility index (Phi) is 2.37. The quantitative estimate of drug-likeness (QED) is 0.765. The first kappa shape index (κ1) is 10.6. The molecule has 0 saturated carbocycles. The number of aromatic carboxylic acids is 1. The number of nitrogens with zero attached hydrogens (tertiary/aromatic N) is 2. The van der Waals surface area contributed by atoms with E-state index in [1.165, 1.54) is 12.3 Å². The molecule has 3 rings (SSSR count). The lowest BCUT2D eigenvalue weighted by molar-refractivity contribution is 0.0694. The second-order valence-electron chi connectivity index (χ2n) is 3.92. The van der Waals surface area contributed by atoms with Crippen LogP contribution in [0, 0.1) is 0 Å². The Hall–Kier alpha value is -2.56. The molecule has 0 saturated heterocycles. The lowest BCUT2D eigenvalue weighted by Gasteiger charge is -2.02. The molecule has 0 fully saturated rings. The minimum atomic E-state index is -0.983. The van der Waals surface area contributed by atoms with Crippen molar-refractivity contribution in [3.8, 4) is 0 Å². The van der Waals surface area contributed by atoms with Crippen LogP contribution in [0.5, 0.6) is 0 Å². The smallest absolute Gasteiger partial charge is 0.339 e. The van der Waals surface area contributed by atoms with Gasteiger partial charge in [0.15, 0.2) is 0 Å². The van der Waals surface area contributed by atoms with Crippen LogP contribution in [-0.4, -0.2) is 20.6 Å². The van der Waals surface area contributed by atoms with Crippen LogP contribution in [-0.2, 0) is 6.54 Å². The van der Waals surface area contributed by atoms with Gasteiger partial charge in [-0.15, -0.1) is 0 Å². The number of fused-ring (bicyclic) bond motifs is 1. The van der Waals surface area contributed by atoms with Gasteiger partial charge in [0.2, 0.25) is 0 Å². The van der Waals surface area contributed by atoms with Gasteiger partial charge < -0.3 is 14.1 Å². The highest BCUT2D eigenvalue weighted by Crippen LogP contribution is 2.17.